The van der Waals surface area contributed by atoms with Crippen molar-refractivity contribution in [2.75, 3.05) is 13.7 Å². The standard InChI is InChI=1S/C19H24N4O3/c1-12-4-7-17(26-3)16(10-12)23-9-8-15(21-23)19(25)22-11-14(18(20)24)6-5-13(22)2/h4,7-10,13-14H,5-6,11H2,1-3H3,(H2,20,24)/t13-,14+/m0/s1. The Kier molecular flexibility index (Phi) is 4.97. The largest absolute Gasteiger partial charge is 0.494 e. The average molecular weight is 356 g/mol. The van der Waals surface area contributed by atoms with Gasteiger partial charge in [0.05, 0.1) is 13.0 Å². The molecule has 0 radical (unpaired) electrons. The predicted molar refractivity (Wildman–Crippen MR) is 97.3 cm³/mol. The van der Waals surface area contributed by atoms with E-state index in [0.717, 1.165) is 24.1 Å². The number of methoxy groups -OCH3 is 1. The molecular weight excluding hydrogens is 332 g/mol. The van der Waals surface area contributed by atoms with Crippen LogP contribution in [0.15, 0.2) is 30.5 Å². The molecule has 2 heterocycles. The highest BCUT2D eigenvalue weighted by atomic mass is 16.5. The number of carbonyl (C=O) groups is 2. The molecule has 7 nitrogen and oxygen atoms in total. The predicted octanol–water partition coefficient (Wildman–Crippen LogP) is 1.92. The lowest BCUT2D eigenvalue weighted by molar-refractivity contribution is -0.123. The first-order chi connectivity index (χ1) is 12.4. The van der Waals surface area contributed by atoms with Crippen LogP contribution < -0.4 is 10.5 Å². The van der Waals surface area contributed by atoms with Crippen molar-refractivity contribution >= 4 is 11.8 Å². The summed E-state index contributed by atoms with van der Waals surface area (Å²) in [6, 6.07) is 7.52. The number of rotatable bonds is 4. The van der Waals surface area contributed by atoms with Gasteiger partial charge in [-0.05, 0) is 50.5 Å². The van der Waals surface area contributed by atoms with E-state index in [9.17, 15) is 9.59 Å². The Morgan fingerprint density at radius 2 is 2.04 bits per heavy atom. The van der Waals surface area contributed by atoms with Gasteiger partial charge in [0.1, 0.15) is 11.4 Å². The van der Waals surface area contributed by atoms with E-state index in [1.807, 2.05) is 32.0 Å². The summed E-state index contributed by atoms with van der Waals surface area (Å²) in [5.74, 6) is -0.162. The highest BCUT2D eigenvalue weighted by Crippen LogP contribution is 2.25. The van der Waals surface area contributed by atoms with E-state index < -0.39 is 0 Å². The first-order valence-corrected chi connectivity index (χ1v) is 8.71. The van der Waals surface area contributed by atoms with Crippen molar-refractivity contribution in [2.45, 2.75) is 32.7 Å². The minimum atomic E-state index is -0.357. The number of benzene rings is 1. The van der Waals surface area contributed by atoms with Gasteiger partial charge in [-0.25, -0.2) is 4.68 Å². The van der Waals surface area contributed by atoms with Crippen LogP contribution in [0.4, 0.5) is 0 Å². The first-order valence-electron chi connectivity index (χ1n) is 8.71. The van der Waals surface area contributed by atoms with Gasteiger partial charge in [0, 0.05) is 18.8 Å². The molecule has 1 aromatic carbocycles. The normalized spacial score (nSPS) is 20.0. The number of hydrogen-bond donors (Lipinski definition) is 1. The monoisotopic (exact) mass is 356 g/mol. The Balaban J connectivity index is 1.86. The number of likely N-dealkylation sites (tertiary alicyclic amines) is 1. The van der Waals surface area contributed by atoms with Crippen molar-refractivity contribution in [2.24, 2.45) is 11.7 Å². The van der Waals surface area contributed by atoms with Gasteiger partial charge in [-0.15, -0.1) is 0 Å². The molecular formula is C19H24N4O3. The SMILES string of the molecule is COc1ccc(C)cc1-n1ccc(C(=O)N2C[C@H](C(N)=O)CC[C@@H]2C)n1. The number of amides is 2. The second kappa shape index (κ2) is 7.19. The number of nitrogens with two attached hydrogens (primary N) is 1. The Morgan fingerprint density at radius 3 is 2.73 bits per heavy atom. The third-order valence-electron chi connectivity index (χ3n) is 4.93. The van der Waals surface area contributed by atoms with Gasteiger partial charge < -0.3 is 15.4 Å². The van der Waals surface area contributed by atoms with Gasteiger partial charge in [0.15, 0.2) is 5.69 Å². The van der Waals surface area contributed by atoms with E-state index in [-0.39, 0.29) is 23.8 Å². The molecule has 2 N–H and O–H groups in total. The maximum atomic E-state index is 12.9. The molecule has 0 spiro atoms. The van der Waals surface area contributed by atoms with Crippen LogP contribution in [0.5, 0.6) is 5.75 Å². The van der Waals surface area contributed by atoms with Gasteiger partial charge in [-0.2, -0.15) is 5.10 Å². The van der Waals surface area contributed by atoms with E-state index in [2.05, 4.69) is 5.10 Å². The van der Waals surface area contributed by atoms with Crippen LogP contribution in [-0.4, -0.2) is 46.2 Å². The highest BCUT2D eigenvalue weighted by Gasteiger charge is 2.33. The quantitative estimate of drug-likeness (QED) is 0.906. The Morgan fingerprint density at radius 1 is 1.27 bits per heavy atom. The molecule has 26 heavy (non-hydrogen) atoms. The molecule has 0 saturated carbocycles. The summed E-state index contributed by atoms with van der Waals surface area (Å²) >= 11 is 0. The zero-order valence-corrected chi connectivity index (χ0v) is 15.3. The topological polar surface area (TPSA) is 90.5 Å². The van der Waals surface area contributed by atoms with Crippen molar-refractivity contribution in [1.29, 1.82) is 0 Å². The van der Waals surface area contributed by atoms with Crippen LogP contribution in [0.3, 0.4) is 0 Å². The fourth-order valence-electron chi connectivity index (χ4n) is 3.32. The van der Waals surface area contributed by atoms with Crippen molar-refractivity contribution in [1.82, 2.24) is 14.7 Å². The van der Waals surface area contributed by atoms with E-state index >= 15 is 0 Å². The number of nitrogens with zero attached hydrogens (tertiary/aromatic N) is 3. The lowest BCUT2D eigenvalue weighted by Crippen LogP contribution is -2.48. The number of hydrogen-bond acceptors (Lipinski definition) is 4. The highest BCUT2D eigenvalue weighted by molar-refractivity contribution is 5.93. The average Bonchev–Trinajstić information content (AvgIpc) is 3.11. The number of aromatic nitrogens is 2. The zero-order valence-electron chi connectivity index (χ0n) is 15.3. The molecule has 0 unspecified atom stereocenters. The number of primary amides is 1. The number of ether oxygens (including phenoxy) is 1. The van der Waals surface area contributed by atoms with Crippen LogP contribution in [0, 0.1) is 12.8 Å². The van der Waals surface area contributed by atoms with Crippen molar-refractivity contribution in [3.05, 3.63) is 41.7 Å². The Hall–Kier alpha value is -2.83. The van der Waals surface area contributed by atoms with Gasteiger partial charge in [0.2, 0.25) is 5.91 Å². The summed E-state index contributed by atoms with van der Waals surface area (Å²) in [6.45, 7) is 4.31. The van der Waals surface area contributed by atoms with Crippen molar-refractivity contribution in [3.63, 3.8) is 0 Å². The summed E-state index contributed by atoms with van der Waals surface area (Å²) < 4.78 is 7.03. The van der Waals surface area contributed by atoms with Gasteiger partial charge in [0.25, 0.3) is 5.91 Å². The number of carbonyl (C=O) groups excluding carboxylic acids is 2. The van der Waals surface area contributed by atoms with Crippen LogP contribution >= 0.6 is 0 Å². The van der Waals surface area contributed by atoms with E-state index in [0.29, 0.717) is 18.0 Å². The van der Waals surface area contributed by atoms with Gasteiger partial charge in [-0.3, -0.25) is 9.59 Å². The van der Waals surface area contributed by atoms with E-state index in [1.165, 1.54) is 0 Å². The molecule has 138 valence electrons. The van der Waals surface area contributed by atoms with Gasteiger partial charge in [-0.1, -0.05) is 6.07 Å². The van der Waals surface area contributed by atoms with Crippen LogP contribution in [0.2, 0.25) is 0 Å². The van der Waals surface area contributed by atoms with Crippen LogP contribution in [0.25, 0.3) is 5.69 Å². The minimum Gasteiger partial charge on any atom is -0.494 e. The summed E-state index contributed by atoms with van der Waals surface area (Å²) in [5.41, 5.74) is 7.61. The van der Waals surface area contributed by atoms with Crippen LogP contribution in [-0.2, 0) is 4.79 Å². The fourth-order valence-corrected chi connectivity index (χ4v) is 3.32. The fraction of sp³-hybridized carbons (Fsp3) is 0.421. The van der Waals surface area contributed by atoms with Crippen molar-refractivity contribution in [3.8, 4) is 11.4 Å². The smallest absolute Gasteiger partial charge is 0.274 e. The molecule has 0 bridgehead atoms. The lowest BCUT2D eigenvalue weighted by atomic mass is 9.92. The van der Waals surface area contributed by atoms with Gasteiger partial charge >= 0.3 is 0 Å². The molecule has 7 heteroatoms. The van der Waals surface area contributed by atoms with E-state index in [4.69, 9.17) is 10.5 Å². The lowest BCUT2D eigenvalue weighted by Gasteiger charge is -2.36. The molecule has 1 aromatic heterocycles. The summed E-state index contributed by atoms with van der Waals surface area (Å²) in [7, 11) is 1.60. The minimum absolute atomic E-state index is 0.0526. The molecule has 2 aromatic rings. The van der Waals surface area contributed by atoms with Crippen LogP contribution in [0.1, 0.15) is 35.8 Å². The summed E-state index contributed by atoms with van der Waals surface area (Å²) in [6.07, 6.45) is 3.21. The second-order valence-corrected chi connectivity index (χ2v) is 6.80. The number of aryl methyl sites for hydroxylation is 1. The van der Waals surface area contributed by atoms with E-state index in [1.54, 1.807) is 29.0 Å². The Labute approximate surface area is 152 Å². The molecule has 0 aliphatic carbocycles. The zero-order chi connectivity index (χ0) is 18.8. The molecule has 1 saturated heterocycles. The maximum absolute atomic E-state index is 12.9. The van der Waals surface area contributed by atoms with Crippen molar-refractivity contribution < 1.29 is 14.3 Å². The molecule has 3 rings (SSSR count). The molecule has 2 atom stereocenters. The summed E-state index contributed by atoms with van der Waals surface area (Å²) in [5, 5.41) is 4.44. The second-order valence-electron chi connectivity index (χ2n) is 6.80. The summed E-state index contributed by atoms with van der Waals surface area (Å²) in [4.78, 5) is 26.1. The molecule has 1 fully saturated rings. The third kappa shape index (κ3) is 3.42. The number of piperidine rings is 1. The first kappa shape index (κ1) is 18.0. The molecule has 1 aliphatic rings. The Bertz CT molecular complexity index is 830. The maximum Gasteiger partial charge on any atom is 0.274 e. The third-order valence-corrected chi connectivity index (χ3v) is 4.93. The molecule has 2 amide bonds. The molecule has 1 aliphatic heterocycles.